The Balaban J connectivity index is 2.14. The summed E-state index contributed by atoms with van der Waals surface area (Å²) >= 11 is 3.45. The van der Waals surface area contributed by atoms with Gasteiger partial charge in [-0.25, -0.2) is 0 Å². The molecule has 5 heteroatoms. The topological polar surface area (TPSA) is 56.4 Å². The van der Waals surface area contributed by atoms with Crippen LogP contribution in [0.3, 0.4) is 0 Å². The van der Waals surface area contributed by atoms with Crippen molar-refractivity contribution in [1.29, 1.82) is 5.41 Å². The number of halogens is 1. The molecule has 0 unspecified atom stereocenters. The molecule has 0 saturated heterocycles. The summed E-state index contributed by atoms with van der Waals surface area (Å²) in [6.07, 6.45) is 0. The van der Waals surface area contributed by atoms with E-state index in [2.05, 4.69) is 44.9 Å². The van der Waals surface area contributed by atoms with Crippen LogP contribution in [0.5, 0.6) is 0 Å². The zero-order valence-corrected chi connectivity index (χ0v) is 13.4. The lowest BCUT2D eigenvalue weighted by Gasteiger charge is -2.37. The quantitative estimate of drug-likeness (QED) is 0.649. The van der Waals surface area contributed by atoms with Crippen molar-refractivity contribution in [3.8, 4) is 0 Å². The second kappa shape index (κ2) is 5.41. The molecular formula is C16H17BrN4. The van der Waals surface area contributed by atoms with Crippen LogP contribution in [-0.4, -0.2) is 26.0 Å². The standard InChI is InChI=1S/C16H17BrN4/c1-20-8-9-21(15-5-3-2-4-14(15)20)13-7-6-11(17)10-12(13)16(18)19/h2-7,10H,8-9H2,1H3,(H3,18,19). The number of hydrogen-bond donors (Lipinski definition) is 2. The third-order valence-electron chi connectivity index (χ3n) is 3.78. The molecule has 2 aromatic rings. The molecular weight excluding hydrogens is 328 g/mol. The summed E-state index contributed by atoms with van der Waals surface area (Å²) in [5.41, 5.74) is 9.84. The highest BCUT2D eigenvalue weighted by molar-refractivity contribution is 9.10. The molecule has 0 radical (unpaired) electrons. The second-order valence-electron chi connectivity index (χ2n) is 5.14. The van der Waals surface area contributed by atoms with Gasteiger partial charge in [-0.3, -0.25) is 5.41 Å². The van der Waals surface area contributed by atoms with Crippen LogP contribution in [0.2, 0.25) is 0 Å². The SMILES string of the molecule is CN1CCN(c2ccc(Br)cc2C(=N)N)c2ccccc21. The largest absolute Gasteiger partial charge is 0.384 e. The van der Waals surface area contributed by atoms with Gasteiger partial charge in [0.05, 0.1) is 17.1 Å². The predicted molar refractivity (Wildman–Crippen MR) is 91.9 cm³/mol. The van der Waals surface area contributed by atoms with E-state index in [9.17, 15) is 0 Å². The summed E-state index contributed by atoms with van der Waals surface area (Å²) in [6, 6.07) is 14.2. The van der Waals surface area contributed by atoms with Gasteiger partial charge in [-0.15, -0.1) is 0 Å². The molecule has 0 atom stereocenters. The van der Waals surface area contributed by atoms with Gasteiger partial charge >= 0.3 is 0 Å². The molecule has 21 heavy (non-hydrogen) atoms. The Kier molecular flexibility index (Phi) is 3.59. The Morgan fingerprint density at radius 3 is 2.52 bits per heavy atom. The van der Waals surface area contributed by atoms with E-state index in [1.807, 2.05) is 30.3 Å². The highest BCUT2D eigenvalue weighted by atomic mass is 79.9. The van der Waals surface area contributed by atoms with Gasteiger partial charge in [-0.2, -0.15) is 0 Å². The minimum absolute atomic E-state index is 0.0858. The molecule has 3 rings (SSSR count). The van der Waals surface area contributed by atoms with Crippen molar-refractivity contribution in [1.82, 2.24) is 0 Å². The molecule has 108 valence electrons. The zero-order valence-electron chi connectivity index (χ0n) is 11.8. The summed E-state index contributed by atoms with van der Waals surface area (Å²) in [4.78, 5) is 4.48. The fourth-order valence-electron chi connectivity index (χ4n) is 2.72. The van der Waals surface area contributed by atoms with Crippen molar-refractivity contribution in [3.05, 3.63) is 52.5 Å². The van der Waals surface area contributed by atoms with Gasteiger partial charge < -0.3 is 15.5 Å². The maximum absolute atomic E-state index is 7.84. The number of likely N-dealkylation sites (N-methyl/N-ethyl adjacent to an activating group) is 1. The Morgan fingerprint density at radius 2 is 1.81 bits per heavy atom. The first-order chi connectivity index (χ1) is 10.1. The predicted octanol–water partition coefficient (Wildman–Crippen LogP) is 3.32. The third kappa shape index (κ3) is 2.49. The van der Waals surface area contributed by atoms with Crippen LogP contribution in [0.4, 0.5) is 17.1 Å². The van der Waals surface area contributed by atoms with E-state index in [0.29, 0.717) is 0 Å². The number of nitrogen functional groups attached to an aromatic ring is 1. The second-order valence-corrected chi connectivity index (χ2v) is 6.05. The number of nitrogens with zero attached hydrogens (tertiary/aromatic N) is 2. The van der Waals surface area contributed by atoms with E-state index in [4.69, 9.17) is 11.1 Å². The zero-order chi connectivity index (χ0) is 15.0. The number of rotatable bonds is 2. The molecule has 2 aromatic carbocycles. The van der Waals surface area contributed by atoms with Crippen LogP contribution in [-0.2, 0) is 0 Å². The van der Waals surface area contributed by atoms with Crippen LogP contribution in [0.1, 0.15) is 5.56 Å². The highest BCUT2D eigenvalue weighted by Crippen LogP contribution is 2.38. The molecule has 0 fully saturated rings. The first kappa shape index (κ1) is 13.9. The number of benzene rings is 2. The number of para-hydroxylation sites is 2. The molecule has 0 aliphatic carbocycles. The van der Waals surface area contributed by atoms with Gasteiger partial charge in [0.2, 0.25) is 0 Å². The summed E-state index contributed by atoms with van der Waals surface area (Å²) in [5, 5.41) is 7.84. The average Bonchev–Trinajstić information content (AvgIpc) is 2.48. The minimum atomic E-state index is 0.0858. The van der Waals surface area contributed by atoms with Crippen LogP contribution in [0, 0.1) is 5.41 Å². The molecule has 3 N–H and O–H groups in total. The van der Waals surface area contributed by atoms with Crippen LogP contribution < -0.4 is 15.5 Å². The third-order valence-corrected chi connectivity index (χ3v) is 4.28. The lowest BCUT2D eigenvalue weighted by Crippen LogP contribution is -2.37. The minimum Gasteiger partial charge on any atom is -0.384 e. The fourth-order valence-corrected chi connectivity index (χ4v) is 3.08. The van der Waals surface area contributed by atoms with Gasteiger partial charge in [0.15, 0.2) is 0 Å². The number of anilines is 3. The Morgan fingerprint density at radius 1 is 1.10 bits per heavy atom. The molecule has 1 heterocycles. The molecule has 0 spiro atoms. The molecule has 0 saturated carbocycles. The summed E-state index contributed by atoms with van der Waals surface area (Å²) in [5.74, 6) is 0.0858. The van der Waals surface area contributed by atoms with Gasteiger partial charge in [-0.1, -0.05) is 28.1 Å². The Hall–Kier alpha value is -2.01. The first-order valence-electron chi connectivity index (χ1n) is 6.79. The summed E-state index contributed by atoms with van der Waals surface area (Å²) in [6.45, 7) is 1.81. The maximum atomic E-state index is 7.84. The van der Waals surface area contributed by atoms with E-state index in [1.165, 1.54) is 5.69 Å². The lowest BCUT2D eigenvalue weighted by atomic mass is 10.1. The number of amidine groups is 1. The highest BCUT2D eigenvalue weighted by Gasteiger charge is 2.23. The van der Waals surface area contributed by atoms with Crippen molar-refractivity contribution in [2.24, 2.45) is 5.73 Å². The van der Waals surface area contributed by atoms with Crippen molar-refractivity contribution in [2.75, 3.05) is 29.9 Å². The van der Waals surface area contributed by atoms with Crippen molar-refractivity contribution in [3.63, 3.8) is 0 Å². The molecule has 1 aliphatic rings. The lowest BCUT2D eigenvalue weighted by molar-refractivity contribution is 0.821. The van der Waals surface area contributed by atoms with Crippen molar-refractivity contribution < 1.29 is 0 Å². The van der Waals surface area contributed by atoms with Crippen molar-refractivity contribution >= 4 is 38.8 Å². The van der Waals surface area contributed by atoms with Gasteiger partial charge in [0.1, 0.15) is 5.84 Å². The summed E-state index contributed by atoms with van der Waals surface area (Å²) < 4.78 is 0.930. The molecule has 4 nitrogen and oxygen atoms in total. The smallest absolute Gasteiger partial charge is 0.124 e. The van der Waals surface area contributed by atoms with Crippen LogP contribution in [0.25, 0.3) is 0 Å². The van der Waals surface area contributed by atoms with E-state index < -0.39 is 0 Å². The van der Waals surface area contributed by atoms with Crippen molar-refractivity contribution in [2.45, 2.75) is 0 Å². The normalized spacial score (nSPS) is 14.0. The van der Waals surface area contributed by atoms with Crippen LogP contribution in [0.15, 0.2) is 46.9 Å². The number of fused-ring (bicyclic) bond motifs is 1. The first-order valence-corrected chi connectivity index (χ1v) is 7.59. The van der Waals surface area contributed by atoms with Gasteiger partial charge in [0.25, 0.3) is 0 Å². The maximum Gasteiger partial charge on any atom is 0.124 e. The van der Waals surface area contributed by atoms with E-state index in [1.54, 1.807) is 0 Å². The molecule has 0 amide bonds. The van der Waals surface area contributed by atoms with Gasteiger partial charge in [0, 0.05) is 30.2 Å². The van der Waals surface area contributed by atoms with E-state index in [-0.39, 0.29) is 5.84 Å². The number of nitrogens with one attached hydrogen (secondary N) is 1. The average molecular weight is 345 g/mol. The molecule has 0 bridgehead atoms. The number of hydrogen-bond acceptors (Lipinski definition) is 3. The van der Waals surface area contributed by atoms with E-state index in [0.717, 1.165) is 34.5 Å². The Labute approximate surface area is 132 Å². The Bertz CT molecular complexity index is 698. The fraction of sp³-hybridized carbons (Fsp3) is 0.188. The molecule has 0 aromatic heterocycles. The van der Waals surface area contributed by atoms with E-state index >= 15 is 0 Å². The van der Waals surface area contributed by atoms with Crippen LogP contribution >= 0.6 is 15.9 Å². The van der Waals surface area contributed by atoms with Gasteiger partial charge in [-0.05, 0) is 30.3 Å². The molecule has 1 aliphatic heterocycles. The monoisotopic (exact) mass is 344 g/mol. The summed E-state index contributed by atoms with van der Waals surface area (Å²) in [7, 11) is 2.10. The number of nitrogens with two attached hydrogens (primary N) is 1.